The average molecular weight is 311 g/mol. The molecule has 0 atom stereocenters. The Balaban J connectivity index is 2.86. The molecular formula is C11H7BrF4O. The molecule has 92 valence electrons. The van der Waals surface area contributed by atoms with Gasteiger partial charge in [-0.15, -0.1) is 0 Å². The van der Waals surface area contributed by atoms with E-state index in [1.807, 2.05) is 0 Å². The number of rotatable bonds is 3. The zero-order valence-electron chi connectivity index (χ0n) is 8.39. The molecule has 0 N–H and O–H groups in total. The first-order chi connectivity index (χ1) is 7.95. The van der Waals surface area contributed by atoms with Crippen LogP contribution in [0.5, 0.6) is 5.75 Å². The Morgan fingerprint density at radius 2 is 2.06 bits per heavy atom. The average Bonchev–Trinajstić information content (AvgIpc) is 2.26. The maximum absolute atomic E-state index is 12.6. The van der Waals surface area contributed by atoms with Crippen LogP contribution in [0.2, 0.25) is 0 Å². The Morgan fingerprint density at radius 3 is 2.65 bits per heavy atom. The van der Waals surface area contributed by atoms with Crippen LogP contribution in [0.15, 0.2) is 24.3 Å². The summed E-state index contributed by atoms with van der Waals surface area (Å²) < 4.78 is 52.9. The Kier molecular flexibility index (Phi) is 4.82. The van der Waals surface area contributed by atoms with E-state index in [1.54, 1.807) is 6.07 Å². The SMILES string of the molecule is FC(F)C(F)(F)Oc1cccc(C#CCBr)c1. The minimum Gasteiger partial charge on any atom is -0.428 e. The normalized spacial score (nSPS) is 10.9. The van der Waals surface area contributed by atoms with Gasteiger partial charge in [0.1, 0.15) is 5.75 Å². The van der Waals surface area contributed by atoms with Crippen molar-refractivity contribution in [2.24, 2.45) is 0 Å². The molecule has 1 nitrogen and oxygen atoms in total. The molecule has 0 fully saturated rings. The summed E-state index contributed by atoms with van der Waals surface area (Å²) in [4.78, 5) is 0. The van der Waals surface area contributed by atoms with E-state index in [4.69, 9.17) is 0 Å². The smallest absolute Gasteiger partial charge is 0.428 e. The number of alkyl halides is 5. The molecule has 0 saturated heterocycles. The van der Waals surface area contributed by atoms with Gasteiger partial charge < -0.3 is 4.74 Å². The first kappa shape index (κ1) is 13.8. The van der Waals surface area contributed by atoms with Gasteiger partial charge in [0, 0.05) is 5.56 Å². The van der Waals surface area contributed by atoms with Crippen LogP contribution in [0.3, 0.4) is 0 Å². The fraction of sp³-hybridized carbons (Fsp3) is 0.273. The predicted molar refractivity (Wildman–Crippen MR) is 58.7 cm³/mol. The Labute approximate surface area is 104 Å². The molecule has 0 unspecified atom stereocenters. The van der Waals surface area contributed by atoms with Crippen molar-refractivity contribution >= 4 is 15.9 Å². The van der Waals surface area contributed by atoms with Crippen molar-refractivity contribution in [1.82, 2.24) is 0 Å². The molecule has 0 aliphatic rings. The van der Waals surface area contributed by atoms with Crippen LogP contribution in [-0.4, -0.2) is 17.9 Å². The maximum atomic E-state index is 12.6. The standard InChI is InChI=1S/C11H7BrF4O/c12-6-2-4-8-3-1-5-9(7-8)17-11(15,16)10(13)14/h1,3,5,7,10H,6H2. The molecule has 1 aromatic rings. The summed E-state index contributed by atoms with van der Waals surface area (Å²) in [5.74, 6) is 4.94. The summed E-state index contributed by atoms with van der Waals surface area (Å²) in [5, 5.41) is 0.422. The molecule has 0 aliphatic carbocycles. The van der Waals surface area contributed by atoms with Crippen LogP contribution in [0, 0.1) is 11.8 Å². The first-order valence-electron chi connectivity index (χ1n) is 4.45. The lowest BCUT2D eigenvalue weighted by molar-refractivity contribution is -0.253. The first-order valence-corrected chi connectivity index (χ1v) is 5.57. The Hall–Kier alpha value is -1.22. The van der Waals surface area contributed by atoms with Crippen molar-refractivity contribution in [3.05, 3.63) is 29.8 Å². The van der Waals surface area contributed by atoms with Crippen LogP contribution >= 0.6 is 15.9 Å². The van der Waals surface area contributed by atoms with E-state index in [9.17, 15) is 17.6 Å². The number of hydrogen-bond donors (Lipinski definition) is 0. The van der Waals surface area contributed by atoms with Gasteiger partial charge in [0.15, 0.2) is 0 Å². The molecule has 0 heterocycles. The van der Waals surface area contributed by atoms with Gasteiger partial charge in [-0.05, 0) is 18.2 Å². The highest BCUT2D eigenvalue weighted by Gasteiger charge is 2.43. The highest BCUT2D eigenvalue weighted by Crippen LogP contribution is 2.27. The molecule has 0 bridgehead atoms. The van der Waals surface area contributed by atoms with Crippen molar-refractivity contribution in [1.29, 1.82) is 0 Å². The van der Waals surface area contributed by atoms with Gasteiger partial charge in [-0.2, -0.15) is 17.6 Å². The Morgan fingerprint density at radius 1 is 1.35 bits per heavy atom. The highest BCUT2D eigenvalue weighted by molar-refractivity contribution is 9.09. The summed E-state index contributed by atoms with van der Waals surface area (Å²) >= 11 is 3.07. The number of ether oxygens (including phenoxy) is 1. The summed E-state index contributed by atoms with van der Waals surface area (Å²) in [7, 11) is 0. The molecule has 0 amide bonds. The largest absolute Gasteiger partial charge is 0.461 e. The van der Waals surface area contributed by atoms with Gasteiger partial charge in [0.05, 0.1) is 5.33 Å². The van der Waals surface area contributed by atoms with E-state index in [0.29, 0.717) is 10.9 Å². The fourth-order valence-electron chi connectivity index (χ4n) is 0.974. The van der Waals surface area contributed by atoms with Gasteiger partial charge in [-0.25, -0.2) is 0 Å². The summed E-state index contributed by atoms with van der Waals surface area (Å²) in [6, 6.07) is 5.29. The lowest BCUT2D eigenvalue weighted by atomic mass is 10.2. The molecule has 17 heavy (non-hydrogen) atoms. The van der Waals surface area contributed by atoms with E-state index in [2.05, 4.69) is 32.5 Å². The van der Waals surface area contributed by atoms with Crippen LogP contribution in [-0.2, 0) is 0 Å². The molecule has 6 heteroatoms. The van der Waals surface area contributed by atoms with E-state index in [-0.39, 0.29) is 5.75 Å². The zero-order valence-corrected chi connectivity index (χ0v) is 9.98. The molecule has 0 aliphatic heterocycles. The van der Waals surface area contributed by atoms with E-state index in [1.165, 1.54) is 12.1 Å². The monoisotopic (exact) mass is 310 g/mol. The minimum absolute atomic E-state index is 0.350. The summed E-state index contributed by atoms with van der Waals surface area (Å²) in [5.41, 5.74) is 0.409. The quantitative estimate of drug-likeness (QED) is 0.470. The number of hydrogen-bond acceptors (Lipinski definition) is 1. The van der Waals surface area contributed by atoms with Crippen LogP contribution in [0.4, 0.5) is 17.6 Å². The lowest BCUT2D eigenvalue weighted by Crippen LogP contribution is -2.33. The van der Waals surface area contributed by atoms with Gasteiger partial charge >= 0.3 is 12.5 Å². The molecule has 1 rings (SSSR count). The molecule has 0 spiro atoms. The third-order valence-corrected chi connectivity index (χ3v) is 1.92. The maximum Gasteiger partial charge on any atom is 0.461 e. The fourth-order valence-corrected chi connectivity index (χ4v) is 1.11. The van der Waals surface area contributed by atoms with Crippen molar-refractivity contribution in [3.63, 3.8) is 0 Å². The number of benzene rings is 1. The zero-order chi connectivity index (χ0) is 12.9. The van der Waals surface area contributed by atoms with Crippen LogP contribution in [0.25, 0.3) is 0 Å². The third kappa shape index (κ3) is 4.27. The molecule has 0 saturated carbocycles. The van der Waals surface area contributed by atoms with E-state index < -0.39 is 12.5 Å². The van der Waals surface area contributed by atoms with Gasteiger partial charge in [-0.1, -0.05) is 33.8 Å². The molecule has 1 aromatic carbocycles. The lowest BCUT2D eigenvalue weighted by Gasteiger charge is -2.16. The van der Waals surface area contributed by atoms with Gasteiger partial charge in [0.25, 0.3) is 0 Å². The van der Waals surface area contributed by atoms with Crippen molar-refractivity contribution < 1.29 is 22.3 Å². The number of halogens is 5. The van der Waals surface area contributed by atoms with Crippen LogP contribution < -0.4 is 4.74 Å². The molecule has 0 aromatic heterocycles. The highest BCUT2D eigenvalue weighted by atomic mass is 79.9. The summed E-state index contributed by atoms with van der Waals surface area (Å²) in [6.45, 7) is 0. The Bertz CT molecular complexity index is 437. The van der Waals surface area contributed by atoms with Crippen molar-refractivity contribution in [2.45, 2.75) is 12.5 Å². The van der Waals surface area contributed by atoms with Gasteiger partial charge in [0.2, 0.25) is 0 Å². The topological polar surface area (TPSA) is 9.23 Å². The second-order valence-corrected chi connectivity index (χ2v) is 3.49. The minimum atomic E-state index is -4.50. The second-order valence-electron chi connectivity index (χ2n) is 2.93. The summed E-state index contributed by atoms with van der Waals surface area (Å²) in [6.07, 6.45) is -8.37. The van der Waals surface area contributed by atoms with E-state index in [0.717, 1.165) is 6.07 Å². The predicted octanol–water partition coefficient (Wildman–Crippen LogP) is 3.67. The van der Waals surface area contributed by atoms with Crippen LogP contribution in [0.1, 0.15) is 5.56 Å². The van der Waals surface area contributed by atoms with E-state index >= 15 is 0 Å². The third-order valence-electron chi connectivity index (χ3n) is 1.64. The molecular weight excluding hydrogens is 304 g/mol. The second kappa shape index (κ2) is 5.92. The van der Waals surface area contributed by atoms with Crippen molar-refractivity contribution in [3.8, 4) is 17.6 Å². The van der Waals surface area contributed by atoms with Gasteiger partial charge in [-0.3, -0.25) is 0 Å². The molecule has 0 radical (unpaired) electrons. The van der Waals surface area contributed by atoms with Crippen molar-refractivity contribution in [2.75, 3.05) is 5.33 Å².